The molecule has 0 aliphatic carbocycles. The Morgan fingerprint density at radius 2 is 2.14 bits per heavy atom. The van der Waals surface area contributed by atoms with Crippen molar-refractivity contribution in [2.75, 3.05) is 14.1 Å². The first-order chi connectivity index (χ1) is 10.1. The molecule has 21 heavy (non-hydrogen) atoms. The Morgan fingerprint density at radius 1 is 1.33 bits per heavy atom. The lowest BCUT2D eigenvalue weighted by Gasteiger charge is -2.24. The summed E-state index contributed by atoms with van der Waals surface area (Å²) >= 11 is 1.78. The first-order valence-electron chi connectivity index (χ1n) is 7.24. The zero-order chi connectivity index (χ0) is 15.2. The summed E-state index contributed by atoms with van der Waals surface area (Å²) in [4.78, 5) is 3.58. The van der Waals surface area contributed by atoms with Crippen molar-refractivity contribution in [2.45, 2.75) is 32.5 Å². The molecule has 2 aromatic rings. The maximum Gasteiger partial charge on any atom is 0.127 e. The van der Waals surface area contributed by atoms with E-state index < -0.39 is 0 Å². The zero-order valence-electron chi connectivity index (χ0n) is 12.9. The summed E-state index contributed by atoms with van der Waals surface area (Å²) in [5, 5.41) is 5.20. The van der Waals surface area contributed by atoms with Crippen LogP contribution < -0.4 is 5.32 Å². The second-order valence-electron chi connectivity index (χ2n) is 5.50. The molecule has 4 heteroatoms. The third-order valence-corrected chi connectivity index (χ3v) is 4.64. The van der Waals surface area contributed by atoms with Crippen LogP contribution in [0.25, 0.3) is 0 Å². The minimum absolute atomic E-state index is 0.120. The Hall–Kier alpha value is -1.23. The lowest BCUT2D eigenvalue weighted by atomic mass is 10.1. The second-order valence-corrected chi connectivity index (χ2v) is 6.54. The molecule has 0 spiro atoms. The fourth-order valence-corrected chi connectivity index (χ4v) is 3.19. The number of hydrogen-bond acceptors (Lipinski definition) is 3. The van der Waals surface area contributed by atoms with Crippen LogP contribution >= 0.6 is 11.3 Å². The highest BCUT2D eigenvalue weighted by molar-refractivity contribution is 7.09. The van der Waals surface area contributed by atoms with Gasteiger partial charge in [0.15, 0.2) is 0 Å². The van der Waals surface area contributed by atoms with E-state index in [0.717, 1.165) is 24.1 Å². The molecule has 0 radical (unpaired) electrons. The van der Waals surface area contributed by atoms with Gasteiger partial charge >= 0.3 is 0 Å². The van der Waals surface area contributed by atoms with Crippen molar-refractivity contribution in [3.05, 3.63) is 57.5 Å². The molecule has 114 valence electrons. The predicted molar refractivity (Wildman–Crippen MR) is 88.1 cm³/mol. The van der Waals surface area contributed by atoms with E-state index in [2.05, 4.69) is 41.7 Å². The standard InChI is InChI=1S/C17H23FN2S/c1-13(9-16-5-4-8-21-16)20(3)12-15-10-14(11-19-2)6-7-17(15)18/h4-8,10,13,19H,9,11-12H2,1-3H3. The van der Waals surface area contributed by atoms with Crippen LogP contribution in [0.4, 0.5) is 4.39 Å². The summed E-state index contributed by atoms with van der Waals surface area (Å²) in [6.45, 7) is 3.59. The molecule has 2 rings (SSSR count). The molecule has 0 bridgehead atoms. The molecule has 1 unspecified atom stereocenters. The summed E-state index contributed by atoms with van der Waals surface area (Å²) in [7, 11) is 3.96. The van der Waals surface area contributed by atoms with Gasteiger partial charge in [-0.1, -0.05) is 18.2 Å². The Morgan fingerprint density at radius 3 is 2.81 bits per heavy atom. The number of nitrogens with one attached hydrogen (secondary N) is 1. The molecule has 1 N–H and O–H groups in total. The smallest absolute Gasteiger partial charge is 0.127 e. The second kappa shape index (κ2) is 7.69. The van der Waals surface area contributed by atoms with E-state index in [4.69, 9.17) is 0 Å². The summed E-state index contributed by atoms with van der Waals surface area (Å²) in [6, 6.07) is 9.98. The summed E-state index contributed by atoms with van der Waals surface area (Å²) in [5.74, 6) is -0.120. The fraction of sp³-hybridized carbons (Fsp3) is 0.412. The lowest BCUT2D eigenvalue weighted by molar-refractivity contribution is 0.245. The highest BCUT2D eigenvalue weighted by Gasteiger charge is 2.13. The quantitative estimate of drug-likeness (QED) is 0.839. The van der Waals surface area contributed by atoms with Crippen LogP contribution in [-0.2, 0) is 19.5 Å². The van der Waals surface area contributed by atoms with Crippen LogP contribution in [0.1, 0.15) is 22.9 Å². The molecule has 0 aliphatic rings. The largest absolute Gasteiger partial charge is 0.316 e. The van der Waals surface area contributed by atoms with Crippen molar-refractivity contribution in [3.63, 3.8) is 0 Å². The van der Waals surface area contributed by atoms with Crippen LogP contribution in [-0.4, -0.2) is 25.0 Å². The minimum Gasteiger partial charge on any atom is -0.316 e. The van der Waals surface area contributed by atoms with Crippen molar-refractivity contribution >= 4 is 11.3 Å². The Labute approximate surface area is 130 Å². The average Bonchev–Trinajstić information content (AvgIpc) is 2.95. The number of rotatable bonds is 7. The van der Waals surface area contributed by atoms with Crippen molar-refractivity contribution in [1.29, 1.82) is 0 Å². The molecule has 0 amide bonds. The van der Waals surface area contributed by atoms with Gasteiger partial charge in [-0.2, -0.15) is 0 Å². The Bertz CT molecular complexity index is 554. The lowest BCUT2D eigenvalue weighted by Crippen LogP contribution is -2.30. The maximum absolute atomic E-state index is 14.0. The van der Waals surface area contributed by atoms with Gasteiger partial charge in [0, 0.05) is 29.6 Å². The number of hydrogen-bond donors (Lipinski definition) is 1. The van der Waals surface area contributed by atoms with Crippen molar-refractivity contribution in [3.8, 4) is 0 Å². The van der Waals surface area contributed by atoms with E-state index in [0.29, 0.717) is 12.6 Å². The van der Waals surface area contributed by atoms with E-state index in [1.54, 1.807) is 17.4 Å². The number of benzene rings is 1. The zero-order valence-corrected chi connectivity index (χ0v) is 13.7. The predicted octanol–water partition coefficient (Wildman–Crippen LogP) is 3.67. The van der Waals surface area contributed by atoms with E-state index in [1.807, 2.05) is 19.2 Å². The van der Waals surface area contributed by atoms with Gasteiger partial charge in [-0.3, -0.25) is 4.90 Å². The Kier molecular flexibility index (Phi) is 5.91. The van der Waals surface area contributed by atoms with Crippen LogP contribution in [0.2, 0.25) is 0 Å². The summed E-state index contributed by atoms with van der Waals surface area (Å²) in [6.07, 6.45) is 1.01. The Balaban J connectivity index is 2.01. The molecule has 0 fully saturated rings. The molecule has 2 nitrogen and oxygen atoms in total. The number of halogens is 1. The van der Waals surface area contributed by atoms with Gasteiger partial charge in [0.25, 0.3) is 0 Å². The van der Waals surface area contributed by atoms with Crippen LogP contribution in [0.15, 0.2) is 35.7 Å². The third-order valence-electron chi connectivity index (χ3n) is 3.74. The van der Waals surface area contributed by atoms with E-state index in [9.17, 15) is 4.39 Å². The first kappa shape index (κ1) is 16.1. The number of likely N-dealkylation sites (N-methyl/N-ethyl adjacent to an activating group) is 1. The topological polar surface area (TPSA) is 15.3 Å². The summed E-state index contributed by atoms with van der Waals surface area (Å²) < 4.78 is 14.0. The third kappa shape index (κ3) is 4.63. The first-order valence-corrected chi connectivity index (χ1v) is 8.12. The normalized spacial score (nSPS) is 12.8. The molecule has 1 aromatic carbocycles. The van der Waals surface area contributed by atoms with E-state index >= 15 is 0 Å². The highest BCUT2D eigenvalue weighted by atomic mass is 32.1. The van der Waals surface area contributed by atoms with Gasteiger partial charge in [-0.05, 0) is 50.5 Å². The van der Waals surface area contributed by atoms with Gasteiger partial charge in [0.1, 0.15) is 5.82 Å². The molecule has 1 atom stereocenters. The number of thiophene rings is 1. The van der Waals surface area contributed by atoms with Crippen LogP contribution in [0.5, 0.6) is 0 Å². The van der Waals surface area contributed by atoms with E-state index in [1.165, 1.54) is 4.88 Å². The molecular formula is C17H23FN2S. The van der Waals surface area contributed by atoms with Crippen LogP contribution in [0.3, 0.4) is 0 Å². The SMILES string of the molecule is CNCc1ccc(F)c(CN(C)C(C)Cc2cccs2)c1. The maximum atomic E-state index is 14.0. The molecule has 0 saturated carbocycles. The van der Waals surface area contributed by atoms with Gasteiger partial charge in [0.2, 0.25) is 0 Å². The molecule has 1 heterocycles. The van der Waals surface area contributed by atoms with Gasteiger partial charge in [-0.15, -0.1) is 11.3 Å². The van der Waals surface area contributed by atoms with Crippen LogP contribution in [0, 0.1) is 5.82 Å². The van der Waals surface area contributed by atoms with Gasteiger partial charge in [-0.25, -0.2) is 4.39 Å². The van der Waals surface area contributed by atoms with E-state index in [-0.39, 0.29) is 5.82 Å². The van der Waals surface area contributed by atoms with Crippen molar-refractivity contribution < 1.29 is 4.39 Å². The fourth-order valence-electron chi connectivity index (χ4n) is 2.36. The molecule has 0 saturated heterocycles. The van der Waals surface area contributed by atoms with Crippen molar-refractivity contribution in [2.24, 2.45) is 0 Å². The highest BCUT2D eigenvalue weighted by Crippen LogP contribution is 2.17. The van der Waals surface area contributed by atoms with Gasteiger partial charge in [0.05, 0.1) is 0 Å². The molecular weight excluding hydrogens is 283 g/mol. The monoisotopic (exact) mass is 306 g/mol. The average molecular weight is 306 g/mol. The molecule has 0 aliphatic heterocycles. The minimum atomic E-state index is -0.120. The molecule has 1 aromatic heterocycles. The van der Waals surface area contributed by atoms with Gasteiger partial charge < -0.3 is 5.32 Å². The number of nitrogens with zero attached hydrogens (tertiary/aromatic N) is 1. The van der Waals surface area contributed by atoms with Crippen molar-refractivity contribution in [1.82, 2.24) is 10.2 Å². The summed E-state index contributed by atoms with van der Waals surface area (Å²) in [5.41, 5.74) is 1.89.